The molecule has 0 radical (unpaired) electrons. The van der Waals surface area contributed by atoms with Crippen LogP contribution in [0.1, 0.15) is 22.5 Å². The Balaban J connectivity index is 1.97. The van der Waals surface area contributed by atoms with Crippen molar-refractivity contribution in [2.24, 2.45) is 11.7 Å². The molecule has 1 unspecified atom stereocenters. The number of amides is 2. The number of fused-ring (bicyclic) bond motifs is 1. The highest BCUT2D eigenvalue weighted by atomic mass is 16.5. The summed E-state index contributed by atoms with van der Waals surface area (Å²) in [7, 11) is 1.58. The van der Waals surface area contributed by atoms with Gasteiger partial charge in [0.15, 0.2) is 0 Å². The lowest BCUT2D eigenvalue weighted by atomic mass is 10.1. The SMILES string of the molecule is COc1ccc2oc(C)c(C(=O)N3CCC(C(N)=O)C3)c2c1. The number of ether oxygens (including phenoxy) is 1. The van der Waals surface area contributed by atoms with Crippen LogP contribution in [-0.2, 0) is 4.79 Å². The first-order chi connectivity index (χ1) is 10.5. The highest BCUT2D eigenvalue weighted by molar-refractivity contribution is 6.07. The van der Waals surface area contributed by atoms with Crippen LogP contribution >= 0.6 is 0 Å². The third kappa shape index (κ3) is 2.30. The van der Waals surface area contributed by atoms with E-state index >= 15 is 0 Å². The van der Waals surface area contributed by atoms with Crippen LogP contribution in [0.15, 0.2) is 22.6 Å². The lowest BCUT2D eigenvalue weighted by Gasteiger charge is -2.15. The number of rotatable bonds is 3. The zero-order valence-electron chi connectivity index (χ0n) is 12.6. The van der Waals surface area contributed by atoms with E-state index in [9.17, 15) is 9.59 Å². The van der Waals surface area contributed by atoms with Gasteiger partial charge in [0.05, 0.1) is 18.6 Å². The minimum absolute atomic E-state index is 0.131. The molecule has 1 aliphatic rings. The average Bonchev–Trinajstić information content (AvgIpc) is 3.09. The fourth-order valence-corrected chi connectivity index (χ4v) is 2.93. The van der Waals surface area contributed by atoms with Gasteiger partial charge in [0.25, 0.3) is 5.91 Å². The van der Waals surface area contributed by atoms with Crippen molar-refractivity contribution in [1.29, 1.82) is 0 Å². The van der Waals surface area contributed by atoms with Gasteiger partial charge >= 0.3 is 0 Å². The highest BCUT2D eigenvalue weighted by Crippen LogP contribution is 2.31. The monoisotopic (exact) mass is 302 g/mol. The van der Waals surface area contributed by atoms with E-state index in [0.29, 0.717) is 42.2 Å². The molecular formula is C16H18N2O4. The number of furan rings is 1. The van der Waals surface area contributed by atoms with Crippen LogP contribution in [0.4, 0.5) is 0 Å². The van der Waals surface area contributed by atoms with E-state index in [1.165, 1.54) is 0 Å². The summed E-state index contributed by atoms with van der Waals surface area (Å²) in [6, 6.07) is 5.37. The number of primary amides is 1. The molecule has 0 spiro atoms. The zero-order chi connectivity index (χ0) is 15.9. The first kappa shape index (κ1) is 14.4. The normalized spacial score (nSPS) is 17.9. The van der Waals surface area contributed by atoms with Crippen molar-refractivity contribution < 1.29 is 18.7 Å². The highest BCUT2D eigenvalue weighted by Gasteiger charge is 2.32. The molecule has 22 heavy (non-hydrogen) atoms. The largest absolute Gasteiger partial charge is 0.497 e. The number of hydrogen-bond donors (Lipinski definition) is 1. The summed E-state index contributed by atoms with van der Waals surface area (Å²) in [4.78, 5) is 25.7. The number of aryl methyl sites for hydroxylation is 1. The molecule has 2 heterocycles. The molecular weight excluding hydrogens is 284 g/mol. The van der Waals surface area contributed by atoms with Crippen molar-refractivity contribution in [2.75, 3.05) is 20.2 Å². The predicted molar refractivity (Wildman–Crippen MR) is 80.7 cm³/mol. The Kier molecular flexibility index (Phi) is 3.52. The summed E-state index contributed by atoms with van der Waals surface area (Å²) in [6.45, 7) is 2.66. The molecule has 2 amide bonds. The molecule has 1 aromatic carbocycles. The number of nitrogens with zero attached hydrogens (tertiary/aromatic N) is 1. The van der Waals surface area contributed by atoms with Crippen LogP contribution in [0.2, 0.25) is 0 Å². The van der Waals surface area contributed by atoms with Crippen molar-refractivity contribution >= 4 is 22.8 Å². The zero-order valence-corrected chi connectivity index (χ0v) is 12.6. The second-order valence-corrected chi connectivity index (χ2v) is 5.53. The van der Waals surface area contributed by atoms with E-state index < -0.39 is 0 Å². The van der Waals surface area contributed by atoms with Crippen molar-refractivity contribution in [3.05, 3.63) is 29.5 Å². The molecule has 1 atom stereocenters. The van der Waals surface area contributed by atoms with Crippen molar-refractivity contribution in [3.63, 3.8) is 0 Å². The predicted octanol–water partition coefficient (Wildman–Crippen LogP) is 1.70. The van der Waals surface area contributed by atoms with Crippen LogP contribution in [0.25, 0.3) is 11.0 Å². The van der Waals surface area contributed by atoms with Gasteiger partial charge in [0.2, 0.25) is 5.91 Å². The minimum atomic E-state index is -0.356. The average molecular weight is 302 g/mol. The summed E-state index contributed by atoms with van der Waals surface area (Å²) in [5.74, 6) is 0.477. The van der Waals surface area contributed by atoms with Crippen LogP contribution in [0, 0.1) is 12.8 Å². The standard InChI is InChI=1S/C16H18N2O4/c1-9-14(12-7-11(21-2)3-4-13(12)22-9)16(20)18-6-5-10(8-18)15(17)19/h3-4,7,10H,5-6,8H2,1-2H3,(H2,17,19). The summed E-state index contributed by atoms with van der Waals surface area (Å²) < 4.78 is 10.9. The Bertz CT molecular complexity index is 750. The number of carbonyl (C=O) groups excluding carboxylic acids is 2. The van der Waals surface area contributed by atoms with E-state index in [2.05, 4.69) is 0 Å². The van der Waals surface area contributed by atoms with Crippen LogP contribution < -0.4 is 10.5 Å². The van der Waals surface area contributed by atoms with Gasteiger partial charge in [-0.2, -0.15) is 0 Å². The molecule has 1 aromatic heterocycles. The van der Waals surface area contributed by atoms with E-state index in [-0.39, 0.29) is 17.7 Å². The number of nitrogens with two attached hydrogens (primary N) is 1. The lowest BCUT2D eigenvalue weighted by Crippen LogP contribution is -2.31. The fourth-order valence-electron chi connectivity index (χ4n) is 2.93. The third-order valence-corrected chi connectivity index (χ3v) is 4.16. The van der Waals surface area contributed by atoms with Crippen LogP contribution in [0.5, 0.6) is 5.75 Å². The molecule has 0 saturated carbocycles. The topological polar surface area (TPSA) is 85.8 Å². The maximum absolute atomic E-state index is 12.8. The molecule has 2 N–H and O–H groups in total. The van der Waals surface area contributed by atoms with Crippen molar-refractivity contribution in [2.45, 2.75) is 13.3 Å². The number of hydrogen-bond acceptors (Lipinski definition) is 4. The summed E-state index contributed by atoms with van der Waals surface area (Å²) in [5, 5.41) is 0.726. The second-order valence-electron chi connectivity index (χ2n) is 5.53. The van der Waals surface area contributed by atoms with Gasteiger partial charge in [-0.3, -0.25) is 9.59 Å². The number of benzene rings is 1. The third-order valence-electron chi connectivity index (χ3n) is 4.16. The molecule has 0 aliphatic carbocycles. The Morgan fingerprint density at radius 2 is 2.18 bits per heavy atom. The lowest BCUT2D eigenvalue weighted by molar-refractivity contribution is -0.121. The first-order valence-corrected chi connectivity index (χ1v) is 7.17. The maximum atomic E-state index is 12.8. The Labute approximate surface area is 127 Å². The Morgan fingerprint density at radius 1 is 1.41 bits per heavy atom. The van der Waals surface area contributed by atoms with Gasteiger partial charge in [-0.25, -0.2) is 0 Å². The van der Waals surface area contributed by atoms with Crippen LogP contribution in [-0.4, -0.2) is 36.9 Å². The molecule has 6 heteroatoms. The number of methoxy groups -OCH3 is 1. The number of likely N-dealkylation sites (tertiary alicyclic amines) is 1. The molecule has 1 saturated heterocycles. The minimum Gasteiger partial charge on any atom is -0.497 e. The van der Waals surface area contributed by atoms with Gasteiger partial charge < -0.3 is 19.8 Å². The van der Waals surface area contributed by atoms with Crippen LogP contribution in [0.3, 0.4) is 0 Å². The molecule has 116 valence electrons. The van der Waals surface area contributed by atoms with E-state index in [4.69, 9.17) is 14.9 Å². The van der Waals surface area contributed by atoms with E-state index in [1.54, 1.807) is 37.1 Å². The molecule has 6 nitrogen and oxygen atoms in total. The summed E-state index contributed by atoms with van der Waals surface area (Å²) in [5.41, 5.74) is 6.50. The number of carbonyl (C=O) groups is 2. The van der Waals surface area contributed by atoms with Crippen molar-refractivity contribution in [3.8, 4) is 5.75 Å². The fraction of sp³-hybridized carbons (Fsp3) is 0.375. The van der Waals surface area contributed by atoms with E-state index in [0.717, 1.165) is 5.39 Å². The second kappa shape index (κ2) is 5.36. The van der Waals surface area contributed by atoms with Gasteiger partial charge in [0.1, 0.15) is 17.1 Å². The quantitative estimate of drug-likeness (QED) is 0.935. The summed E-state index contributed by atoms with van der Waals surface area (Å²) >= 11 is 0. The Hall–Kier alpha value is -2.50. The smallest absolute Gasteiger partial charge is 0.258 e. The van der Waals surface area contributed by atoms with Gasteiger partial charge in [-0.05, 0) is 31.5 Å². The maximum Gasteiger partial charge on any atom is 0.258 e. The van der Waals surface area contributed by atoms with Gasteiger partial charge in [-0.1, -0.05) is 0 Å². The molecule has 0 bridgehead atoms. The van der Waals surface area contributed by atoms with Gasteiger partial charge in [0, 0.05) is 18.5 Å². The molecule has 1 aliphatic heterocycles. The van der Waals surface area contributed by atoms with Gasteiger partial charge in [-0.15, -0.1) is 0 Å². The van der Waals surface area contributed by atoms with E-state index in [1.807, 2.05) is 0 Å². The van der Waals surface area contributed by atoms with Crippen molar-refractivity contribution in [1.82, 2.24) is 4.90 Å². The first-order valence-electron chi connectivity index (χ1n) is 7.17. The summed E-state index contributed by atoms with van der Waals surface area (Å²) in [6.07, 6.45) is 0.610. The molecule has 3 rings (SSSR count). The molecule has 1 fully saturated rings. The Morgan fingerprint density at radius 3 is 2.82 bits per heavy atom. The molecule has 2 aromatic rings.